The topological polar surface area (TPSA) is 86.7 Å². The minimum atomic E-state index is -4.25. The average molecular weight is 504 g/mol. The largest absolute Gasteiger partial charge is 0.391 e. The summed E-state index contributed by atoms with van der Waals surface area (Å²) in [6.07, 6.45) is -1.77. The van der Waals surface area contributed by atoms with E-state index in [4.69, 9.17) is 4.78 Å². The molecule has 2 heterocycles. The van der Waals surface area contributed by atoms with E-state index in [0.717, 1.165) is 6.26 Å². The van der Waals surface area contributed by atoms with E-state index in [1.165, 1.54) is 19.2 Å². The molecule has 0 unspecified atom stereocenters. The van der Waals surface area contributed by atoms with Gasteiger partial charge in [0.2, 0.25) is 5.92 Å². The Balaban J connectivity index is 1.75. The van der Waals surface area contributed by atoms with Crippen molar-refractivity contribution in [3.05, 3.63) is 45.5 Å². The van der Waals surface area contributed by atoms with Crippen LogP contribution in [0.4, 0.5) is 22.0 Å². The lowest BCUT2D eigenvalue weighted by molar-refractivity contribution is -0.182. The Morgan fingerprint density at radius 2 is 1.74 bits per heavy atom. The third kappa shape index (κ3) is 4.89. The van der Waals surface area contributed by atoms with Gasteiger partial charge in [-0.2, -0.15) is 13.2 Å². The maximum absolute atomic E-state index is 13.4. The summed E-state index contributed by atoms with van der Waals surface area (Å²) in [5, 5.41) is 0. The van der Waals surface area contributed by atoms with Crippen LogP contribution in [0.25, 0.3) is 11.3 Å². The van der Waals surface area contributed by atoms with Crippen molar-refractivity contribution in [1.29, 1.82) is 4.78 Å². The SMILES string of the molecule is Cc1[nH]c(-c2cnc(C3CC(F)(F)C3)cc2[C@H]2CC[C@@H](C(F)(F)F)CC2)cc(=O)c1[S@](C)(=N)=O. The van der Waals surface area contributed by atoms with Crippen LogP contribution in [0.1, 0.15) is 67.3 Å². The average Bonchev–Trinajstić information content (AvgIpc) is 2.69. The first-order chi connectivity index (χ1) is 15.7. The van der Waals surface area contributed by atoms with Crippen molar-refractivity contribution in [2.45, 2.75) is 74.3 Å². The summed E-state index contributed by atoms with van der Waals surface area (Å²) in [7, 11) is -3.28. The van der Waals surface area contributed by atoms with Crippen LogP contribution in [0.15, 0.2) is 28.0 Å². The van der Waals surface area contributed by atoms with E-state index in [1.54, 1.807) is 6.07 Å². The second-order valence-corrected chi connectivity index (χ2v) is 11.7. The van der Waals surface area contributed by atoms with Gasteiger partial charge in [-0.15, -0.1) is 0 Å². The fraction of sp³-hybridized carbons (Fsp3) is 0.565. The highest BCUT2D eigenvalue weighted by molar-refractivity contribution is 7.91. The highest BCUT2D eigenvalue weighted by Crippen LogP contribution is 2.50. The monoisotopic (exact) mass is 503 g/mol. The maximum Gasteiger partial charge on any atom is 0.391 e. The third-order valence-electron chi connectivity index (χ3n) is 6.94. The van der Waals surface area contributed by atoms with Crippen LogP contribution in [0.3, 0.4) is 0 Å². The number of halogens is 5. The number of nitrogens with one attached hydrogen (secondary N) is 2. The maximum atomic E-state index is 13.4. The predicted octanol–water partition coefficient (Wildman–Crippen LogP) is 6.13. The molecule has 186 valence electrons. The lowest BCUT2D eigenvalue weighted by atomic mass is 9.75. The van der Waals surface area contributed by atoms with E-state index in [1.807, 2.05) is 0 Å². The van der Waals surface area contributed by atoms with Gasteiger partial charge >= 0.3 is 6.18 Å². The van der Waals surface area contributed by atoms with Crippen molar-refractivity contribution in [3.63, 3.8) is 0 Å². The van der Waals surface area contributed by atoms with E-state index in [2.05, 4.69) is 9.97 Å². The van der Waals surface area contributed by atoms with Crippen LogP contribution in [0, 0.1) is 17.6 Å². The van der Waals surface area contributed by atoms with Gasteiger partial charge in [0.05, 0.1) is 21.3 Å². The summed E-state index contributed by atoms with van der Waals surface area (Å²) >= 11 is 0. The number of H-pyrrole nitrogens is 1. The molecule has 0 amide bonds. The van der Waals surface area contributed by atoms with Crippen molar-refractivity contribution in [2.75, 3.05) is 6.26 Å². The number of nitrogens with zero attached hydrogens (tertiary/aromatic N) is 1. The number of aryl methyl sites for hydroxylation is 1. The van der Waals surface area contributed by atoms with Crippen molar-refractivity contribution < 1.29 is 26.2 Å². The van der Waals surface area contributed by atoms with Gasteiger partial charge in [-0.3, -0.25) is 9.78 Å². The van der Waals surface area contributed by atoms with Gasteiger partial charge in [0.15, 0.2) is 5.43 Å². The Labute approximate surface area is 194 Å². The van der Waals surface area contributed by atoms with Crippen molar-refractivity contribution in [2.24, 2.45) is 5.92 Å². The van der Waals surface area contributed by atoms with Crippen molar-refractivity contribution in [3.8, 4) is 11.3 Å². The minimum absolute atomic E-state index is 0.0298. The molecule has 0 bridgehead atoms. The standard InChI is InChI=1S/C23H26F5N3O2S/c1-12-21(34(2,29)33)20(32)8-19(31-12)17-11-30-18(14-9-22(24,25)10-14)7-16(17)13-3-5-15(6-4-13)23(26,27)28/h7-8,11,13-15,29H,3-6,9-10H2,1-2H3,(H,31,32)/t13-,15+,34-/m1/s1. The van der Waals surface area contributed by atoms with Crippen LogP contribution in [-0.4, -0.2) is 32.5 Å². The fourth-order valence-corrected chi connectivity index (χ4v) is 6.26. The lowest BCUT2D eigenvalue weighted by Gasteiger charge is -2.35. The first kappa shape index (κ1) is 24.8. The van der Waals surface area contributed by atoms with E-state index in [9.17, 15) is 31.0 Å². The number of aromatic nitrogens is 2. The summed E-state index contributed by atoms with van der Waals surface area (Å²) in [5.41, 5.74) is 1.68. The molecular weight excluding hydrogens is 477 g/mol. The molecule has 0 radical (unpaired) electrons. The number of hydrogen-bond donors (Lipinski definition) is 2. The van der Waals surface area contributed by atoms with Gasteiger partial charge in [0, 0.05) is 54.2 Å². The Hall–Kier alpha value is -2.30. The second-order valence-electron chi connectivity index (χ2n) is 9.59. The molecule has 34 heavy (non-hydrogen) atoms. The summed E-state index contributed by atoms with van der Waals surface area (Å²) in [4.78, 5) is 19.9. The molecule has 2 aliphatic rings. The Morgan fingerprint density at radius 1 is 1.12 bits per heavy atom. The molecule has 0 aromatic carbocycles. The second kappa shape index (κ2) is 8.42. The summed E-state index contributed by atoms with van der Waals surface area (Å²) in [5.74, 6) is -4.77. The van der Waals surface area contributed by atoms with Gasteiger partial charge in [0.25, 0.3) is 0 Å². The smallest absolute Gasteiger partial charge is 0.357 e. The third-order valence-corrected chi connectivity index (χ3v) is 8.22. The first-order valence-corrected chi connectivity index (χ1v) is 13.0. The first-order valence-electron chi connectivity index (χ1n) is 11.1. The zero-order valence-electron chi connectivity index (χ0n) is 18.8. The molecule has 4 rings (SSSR count). The Bertz CT molecular complexity index is 1250. The number of aromatic amines is 1. The van der Waals surface area contributed by atoms with E-state index < -0.39 is 39.1 Å². The Kier molecular flexibility index (Phi) is 6.15. The molecule has 11 heteroatoms. The quantitative estimate of drug-likeness (QED) is 0.492. The zero-order chi connectivity index (χ0) is 25.1. The molecule has 2 aromatic heterocycles. The van der Waals surface area contributed by atoms with Crippen molar-refractivity contribution >= 4 is 9.73 Å². The lowest BCUT2D eigenvalue weighted by Crippen LogP contribution is -2.34. The molecule has 2 aromatic rings. The van der Waals surface area contributed by atoms with Gasteiger partial charge in [-0.1, -0.05) is 0 Å². The highest BCUT2D eigenvalue weighted by atomic mass is 32.2. The summed E-state index contributed by atoms with van der Waals surface area (Å²) < 4.78 is 86.4. The molecule has 0 aliphatic heterocycles. The number of rotatable bonds is 4. The van der Waals surface area contributed by atoms with Gasteiger partial charge < -0.3 is 4.98 Å². The Morgan fingerprint density at radius 3 is 2.24 bits per heavy atom. The number of hydrogen-bond acceptors (Lipinski definition) is 4. The molecule has 2 saturated carbocycles. The fourth-order valence-electron chi connectivity index (χ4n) is 5.18. The van der Waals surface area contributed by atoms with E-state index in [0.29, 0.717) is 22.5 Å². The molecule has 5 nitrogen and oxygen atoms in total. The van der Waals surface area contributed by atoms with Crippen LogP contribution >= 0.6 is 0 Å². The van der Waals surface area contributed by atoms with Gasteiger partial charge in [-0.25, -0.2) is 17.8 Å². The summed E-state index contributed by atoms with van der Waals surface area (Å²) in [6, 6.07) is 2.92. The van der Waals surface area contributed by atoms with E-state index >= 15 is 0 Å². The van der Waals surface area contributed by atoms with Crippen LogP contribution in [-0.2, 0) is 9.73 Å². The molecule has 1 atom stereocenters. The molecule has 2 N–H and O–H groups in total. The molecule has 0 spiro atoms. The molecule has 2 fully saturated rings. The van der Waals surface area contributed by atoms with Crippen LogP contribution in [0.5, 0.6) is 0 Å². The summed E-state index contributed by atoms with van der Waals surface area (Å²) in [6.45, 7) is 1.53. The normalized spacial score (nSPS) is 24.9. The van der Waals surface area contributed by atoms with Crippen LogP contribution in [0.2, 0.25) is 0 Å². The van der Waals surface area contributed by atoms with Gasteiger partial charge in [0.1, 0.15) is 4.90 Å². The molecular formula is C23H26F5N3O2S. The van der Waals surface area contributed by atoms with Gasteiger partial charge in [-0.05, 0) is 50.2 Å². The molecule has 0 saturated heterocycles. The van der Waals surface area contributed by atoms with Crippen LogP contribution < -0.4 is 5.43 Å². The molecule has 2 aliphatic carbocycles. The van der Waals surface area contributed by atoms with E-state index in [-0.39, 0.29) is 55.0 Å². The predicted molar refractivity (Wildman–Crippen MR) is 118 cm³/mol. The minimum Gasteiger partial charge on any atom is -0.357 e. The number of pyridine rings is 2. The highest BCUT2D eigenvalue weighted by Gasteiger charge is 2.47. The number of alkyl halides is 5. The van der Waals surface area contributed by atoms with Crippen molar-refractivity contribution in [1.82, 2.24) is 9.97 Å². The zero-order valence-corrected chi connectivity index (χ0v) is 19.6.